The van der Waals surface area contributed by atoms with Crippen LogP contribution in [0.2, 0.25) is 0 Å². The van der Waals surface area contributed by atoms with E-state index in [0.29, 0.717) is 28.2 Å². The second-order valence-corrected chi connectivity index (χ2v) is 12.1. The number of fused-ring (bicyclic) bond motifs is 1. The van der Waals surface area contributed by atoms with Gasteiger partial charge in [-0.15, -0.1) is 0 Å². The summed E-state index contributed by atoms with van der Waals surface area (Å²) in [5.41, 5.74) is 0.724. The highest BCUT2D eigenvalue weighted by molar-refractivity contribution is 8.19. The van der Waals surface area contributed by atoms with Crippen LogP contribution in [-0.4, -0.2) is 36.3 Å². The van der Waals surface area contributed by atoms with Crippen molar-refractivity contribution < 1.29 is 26.4 Å². The Morgan fingerprint density at radius 3 is 1.86 bits per heavy atom. The number of nitrogens with zero attached hydrogens (tertiary/aromatic N) is 2. The summed E-state index contributed by atoms with van der Waals surface area (Å²) in [4.78, 5) is 25.3. The summed E-state index contributed by atoms with van der Waals surface area (Å²) in [5.74, 6) is -0.994. The molecule has 8 nitrogen and oxygen atoms in total. The van der Waals surface area contributed by atoms with Crippen LogP contribution >= 0.6 is 11.8 Å². The highest BCUT2D eigenvalue weighted by atomic mass is 32.2. The molecule has 4 aromatic rings. The van der Waals surface area contributed by atoms with Gasteiger partial charge in [-0.1, -0.05) is 54.6 Å². The molecule has 11 heteroatoms. The molecule has 1 fully saturated rings. The maximum Gasteiger partial charge on any atom is 0.307 e. The summed E-state index contributed by atoms with van der Waals surface area (Å²) < 4.78 is 53.7. The summed E-state index contributed by atoms with van der Waals surface area (Å²) in [6, 6.07) is 21.8. The first-order chi connectivity index (χ1) is 16.7. The molecule has 0 bridgehead atoms. The first-order valence-corrected chi connectivity index (χ1v) is 13.9. The predicted octanol–water partition coefficient (Wildman–Crippen LogP) is 4.30. The number of carbonyl (C=O) groups is 2. The van der Waals surface area contributed by atoms with E-state index in [1.807, 2.05) is 0 Å². The lowest BCUT2D eigenvalue weighted by Gasteiger charge is -2.12. The molecule has 0 spiro atoms. The molecule has 0 atom stereocenters. The molecule has 1 saturated heterocycles. The Labute approximate surface area is 205 Å². The number of para-hydroxylation sites is 1. The standard InChI is InChI=1S/C24H16N2O6S3/c27-23-22(33-24(28)26(23)35(31,32)19-11-5-2-6-12-19)15-17-16-25(21-14-8-7-13-20(17)21)34(29,30)18-9-3-1-4-10-18/h1-16H/b22-15-. The Morgan fingerprint density at radius 2 is 1.23 bits per heavy atom. The molecule has 176 valence electrons. The van der Waals surface area contributed by atoms with Crippen molar-refractivity contribution >= 4 is 59.9 Å². The van der Waals surface area contributed by atoms with Crippen LogP contribution in [0, 0.1) is 0 Å². The molecule has 0 saturated carbocycles. The van der Waals surface area contributed by atoms with Crippen molar-refractivity contribution in [3.05, 3.63) is 102 Å². The average Bonchev–Trinajstić information content (AvgIpc) is 3.37. The Kier molecular flexibility index (Phi) is 5.62. The van der Waals surface area contributed by atoms with Crippen molar-refractivity contribution in [3.8, 4) is 0 Å². The van der Waals surface area contributed by atoms with Crippen molar-refractivity contribution in [2.24, 2.45) is 0 Å². The van der Waals surface area contributed by atoms with Crippen LogP contribution in [-0.2, 0) is 24.8 Å². The number of rotatable bonds is 5. The van der Waals surface area contributed by atoms with E-state index in [1.54, 1.807) is 48.5 Å². The van der Waals surface area contributed by atoms with E-state index in [1.165, 1.54) is 48.7 Å². The van der Waals surface area contributed by atoms with E-state index in [-0.39, 0.29) is 19.0 Å². The SMILES string of the molecule is O=C1S/C(=C\c2cn(S(=O)(=O)c3ccccc3)c3ccccc23)C(=O)N1S(=O)(=O)c1ccccc1. The monoisotopic (exact) mass is 524 g/mol. The maximum atomic E-state index is 13.3. The Bertz CT molecular complexity index is 1730. The average molecular weight is 525 g/mol. The van der Waals surface area contributed by atoms with Crippen LogP contribution in [0.25, 0.3) is 17.0 Å². The molecule has 0 N–H and O–H groups in total. The zero-order valence-corrected chi connectivity index (χ0v) is 20.3. The van der Waals surface area contributed by atoms with E-state index in [9.17, 15) is 26.4 Å². The minimum absolute atomic E-state index is 0.0848. The van der Waals surface area contributed by atoms with Crippen LogP contribution in [0.1, 0.15) is 5.56 Å². The van der Waals surface area contributed by atoms with Crippen LogP contribution in [0.3, 0.4) is 0 Å². The second-order valence-electron chi connectivity index (χ2n) is 7.48. The lowest BCUT2D eigenvalue weighted by atomic mass is 10.1. The number of carbonyl (C=O) groups excluding carboxylic acids is 2. The number of imide groups is 1. The summed E-state index contributed by atoms with van der Waals surface area (Å²) in [7, 11) is -8.34. The van der Waals surface area contributed by atoms with Gasteiger partial charge < -0.3 is 0 Å². The van der Waals surface area contributed by atoms with Gasteiger partial charge in [-0.05, 0) is 48.2 Å². The van der Waals surface area contributed by atoms with E-state index < -0.39 is 31.2 Å². The van der Waals surface area contributed by atoms with E-state index in [0.717, 1.165) is 3.97 Å². The minimum atomic E-state index is -4.39. The predicted molar refractivity (Wildman–Crippen MR) is 132 cm³/mol. The molecule has 2 heterocycles. The van der Waals surface area contributed by atoms with Crippen molar-refractivity contribution in [1.82, 2.24) is 8.28 Å². The van der Waals surface area contributed by atoms with Gasteiger partial charge in [0.2, 0.25) is 0 Å². The fraction of sp³-hybridized carbons (Fsp3) is 0. The van der Waals surface area contributed by atoms with Crippen molar-refractivity contribution in [2.75, 3.05) is 0 Å². The number of thioether (sulfide) groups is 1. The summed E-state index contributed by atoms with van der Waals surface area (Å²) >= 11 is 0.481. The van der Waals surface area contributed by atoms with Crippen molar-refractivity contribution in [2.45, 2.75) is 9.79 Å². The summed E-state index contributed by atoms with van der Waals surface area (Å²) in [5, 5.41) is -0.435. The number of aromatic nitrogens is 1. The number of sulfonamides is 1. The van der Waals surface area contributed by atoms with Gasteiger partial charge in [-0.3, -0.25) is 9.59 Å². The summed E-state index contributed by atoms with van der Waals surface area (Å²) in [6.45, 7) is 0. The fourth-order valence-electron chi connectivity index (χ4n) is 3.69. The molecule has 1 aliphatic heterocycles. The topological polar surface area (TPSA) is 111 Å². The van der Waals surface area contributed by atoms with E-state index >= 15 is 0 Å². The molecule has 3 aromatic carbocycles. The van der Waals surface area contributed by atoms with Gasteiger partial charge in [0.1, 0.15) is 0 Å². The highest BCUT2D eigenvalue weighted by Gasteiger charge is 2.44. The van der Waals surface area contributed by atoms with Crippen LogP contribution in [0.5, 0.6) is 0 Å². The largest absolute Gasteiger partial charge is 0.307 e. The smallest absolute Gasteiger partial charge is 0.267 e. The Hall–Kier alpha value is -3.67. The van der Waals surface area contributed by atoms with Crippen LogP contribution in [0.4, 0.5) is 4.79 Å². The van der Waals surface area contributed by atoms with Gasteiger partial charge in [0.05, 0.1) is 20.2 Å². The van der Waals surface area contributed by atoms with E-state index in [4.69, 9.17) is 0 Å². The third-order valence-electron chi connectivity index (χ3n) is 5.34. The lowest BCUT2D eigenvalue weighted by molar-refractivity contribution is -0.119. The van der Waals surface area contributed by atoms with Gasteiger partial charge >= 0.3 is 5.24 Å². The molecule has 0 aliphatic carbocycles. The first kappa shape index (κ1) is 23.1. The minimum Gasteiger partial charge on any atom is -0.267 e. The molecule has 1 aliphatic rings. The Balaban J connectivity index is 1.60. The van der Waals surface area contributed by atoms with Gasteiger partial charge in [-0.25, -0.2) is 20.8 Å². The molecular weight excluding hydrogens is 508 g/mol. The normalized spacial score (nSPS) is 15.9. The maximum absolute atomic E-state index is 13.3. The zero-order chi connectivity index (χ0) is 24.8. The molecule has 2 amide bonds. The third kappa shape index (κ3) is 3.87. The van der Waals surface area contributed by atoms with Gasteiger partial charge in [0, 0.05) is 17.1 Å². The lowest BCUT2D eigenvalue weighted by Crippen LogP contribution is -2.34. The number of amides is 2. The number of hydrogen-bond acceptors (Lipinski definition) is 7. The van der Waals surface area contributed by atoms with Crippen molar-refractivity contribution in [3.63, 3.8) is 0 Å². The van der Waals surface area contributed by atoms with E-state index in [2.05, 4.69) is 0 Å². The third-order valence-corrected chi connectivity index (χ3v) is 9.69. The molecule has 1 aromatic heterocycles. The van der Waals surface area contributed by atoms with Crippen molar-refractivity contribution in [1.29, 1.82) is 0 Å². The quantitative estimate of drug-likeness (QED) is 0.358. The number of benzene rings is 3. The zero-order valence-electron chi connectivity index (χ0n) is 17.8. The van der Waals surface area contributed by atoms with Gasteiger partial charge in [0.25, 0.3) is 26.0 Å². The summed E-state index contributed by atoms with van der Waals surface area (Å²) in [6.07, 6.45) is 2.69. The Morgan fingerprint density at radius 1 is 0.686 bits per heavy atom. The van der Waals surface area contributed by atoms with Gasteiger partial charge in [0.15, 0.2) is 0 Å². The van der Waals surface area contributed by atoms with Crippen LogP contribution in [0.15, 0.2) is 106 Å². The van der Waals surface area contributed by atoms with Crippen LogP contribution < -0.4 is 0 Å². The molecule has 5 rings (SSSR count). The molecule has 0 radical (unpaired) electrons. The number of hydrogen-bond donors (Lipinski definition) is 0. The molecule has 0 unspecified atom stereocenters. The molecule has 35 heavy (non-hydrogen) atoms. The highest BCUT2D eigenvalue weighted by Crippen LogP contribution is 2.37. The molecular formula is C24H16N2O6S3. The fourth-order valence-corrected chi connectivity index (χ4v) is 7.50. The van der Waals surface area contributed by atoms with Gasteiger partial charge in [-0.2, -0.15) is 4.31 Å². The first-order valence-electron chi connectivity index (χ1n) is 10.2. The second kappa shape index (κ2) is 8.52.